The molecule has 1 heterocycles. The molecule has 1 aliphatic carbocycles. The van der Waals surface area contributed by atoms with E-state index in [-0.39, 0.29) is 0 Å². The fourth-order valence-corrected chi connectivity index (χ4v) is 3.44. The van der Waals surface area contributed by atoms with Crippen molar-refractivity contribution in [3.63, 3.8) is 0 Å². The van der Waals surface area contributed by atoms with Crippen LogP contribution in [0.25, 0.3) is 0 Å². The maximum Gasteiger partial charge on any atom is 0.134 e. The van der Waals surface area contributed by atoms with Gasteiger partial charge in [0.05, 0.1) is 0 Å². The average molecular weight is 282 g/mol. The molecule has 2 rings (SSSR count). The molecular formula is C14H26N4S. The van der Waals surface area contributed by atoms with Gasteiger partial charge < -0.3 is 5.32 Å². The summed E-state index contributed by atoms with van der Waals surface area (Å²) in [5, 5.41) is 8.74. The van der Waals surface area contributed by atoms with Crippen molar-refractivity contribution in [1.82, 2.24) is 14.5 Å². The molecule has 0 aromatic carbocycles. The molecule has 0 aliphatic heterocycles. The second-order valence-electron chi connectivity index (χ2n) is 6.39. The first kappa shape index (κ1) is 14.7. The van der Waals surface area contributed by atoms with Gasteiger partial charge in [0.1, 0.15) is 10.7 Å². The highest BCUT2D eigenvalue weighted by Crippen LogP contribution is 2.37. The predicted molar refractivity (Wildman–Crippen MR) is 81.6 cm³/mol. The molecule has 1 saturated carbocycles. The van der Waals surface area contributed by atoms with Gasteiger partial charge in [-0.15, -0.1) is 5.10 Å². The molecule has 0 saturated heterocycles. The first-order valence-electron chi connectivity index (χ1n) is 7.27. The van der Waals surface area contributed by atoms with Gasteiger partial charge in [-0.05, 0) is 45.1 Å². The van der Waals surface area contributed by atoms with E-state index in [0.717, 1.165) is 23.8 Å². The van der Waals surface area contributed by atoms with Crippen LogP contribution in [0.15, 0.2) is 0 Å². The van der Waals surface area contributed by atoms with Crippen molar-refractivity contribution in [2.24, 2.45) is 5.41 Å². The van der Waals surface area contributed by atoms with E-state index in [1.165, 1.54) is 37.2 Å². The third-order valence-corrected chi connectivity index (χ3v) is 4.95. The molecular weight excluding hydrogens is 256 g/mol. The molecule has 0 radical (unpaired) electrons. The van der Waals surface area contributed by atoms with Gasteiger partial charge in [-0.3, -0.25) is 4.90 Å². The molecule has 0 bridgehead atoms. The lowest BCUT2D eigenvalue weighted by Gasteiger charge is -2.38. The summed E-state index contributed by atoms with van der Waals surface area (Å²) in [6.07, 6.45) is 5.27. The van der Waals surface area contributed by atoms with E-state index in [1.54, 1.807) is 0 Å². The highest BCUT2D eigenvalue weighted by Gasteiger charge is 2.29. The zero-order valence-electron chi connectivity index (χ0n) is 12.6. The van der Waals surface area contributed by atoms with Crippen LogP contribution in [0.3, 0.4) is 0 Å². The summed E-state index contributed by atoms with van der Waals surface area (Å²) in [5.41, 5.74) is 1.63. The molecule has 1 aromatic rings. The molecule has 108 valence electrons. The van der Waals surface area contributed by atoms with Gasteiger partial charge in [0.25, 0.3) is 0 Å². The Morgan fingerprint density at radius 2 is 2.05 bits per heavy atom. The fourth-order valence-electron chi connectivity index (χ4n) is 2.80. The molecule has 1 N–H and O–H groups in total. The van der Waals surface area contributed by atoms with Crippen LogP contribution in [0.4, 0.5) is 5.00 Å². The summed E-state index contributed by atoms with van der Waals surface area (Å²) in [7, 11) is 2.22. The maximum absolute atomic E-state index is 4.26. The third kappa shape index (κ3) is 3.89. The number of hydrogen-bond acceptors (Lipinski definition) is 5. The number of aromatic nitrogens is 2. The highest BCUT2D eigenvalue weighted by atomic mass is 32.1. The minimum Gasteiger partial charge on any atom is -0.374 e. The van der Waals surface area contributed by atoms with Crippen molar-refractivity contribution < 1.29 is 0 Å². The van der Waals surface area contributed by atoms with Crippen molar-refractivity contribution >= 4 is 16.5 Å². The second kappa shape index (κ2) is 6.18. The van der Waals surface area contributed by atoms with Crippen LogP contribution in [-0.2, 0) is 6.54 Å². The van der Waals surface area contributed by atoms with Crippen LogP contribution >= 0.6 is 11.5 Å². The van der Waals surface area contributed by atoms with Crippen molar-refractivity contribution in [3.8, 4) is 0 Å². The molecule has 19 heavy (non-hydrogen) atoms. The summed E-state index contributed by atoms with van der Waals surface area (Å²) in [6, 6.07) is 0.698. The Morgan fingerprint density at radius 3 is 2.68 bits per heavy atom. The zero-order valence-corrected chi connectivity index (χ0v) is 13.4. The Hall–Kier alpha value is -0.680. The number of rotatable bonds is 5. The molecule has 1 fully saturated rings. The standard InChI is InChI=1S/C14H26N4S/c1-5-15-13-12(16-17-19-13)10-18(4)11-6-8-14(2,3)9-7-11/h11,15H,5-10H2,1-4H3. The van der Waals surface area contributed by atoms with Crippen molar-refractivity contribution in [2.45, 2.75) is 59.0 Å². The molecule has 0 amide bonds. The lowest BCUT2D eigenvalue weighted by atomic mass is 9.75. The van der Waals surface area contributed by atoms with Gasteiger partial charge >= 0.3 is 0 Å². The van der Waals surface area contributed by atoms with Gasteiger partial charge in [0, 0.05) is 30.7 Å². The smallest absolute Gasteiger partial charge is 0.134 e. The van der Waals surface area contributed by atoms with Crippen LogP contribution in [-0.4, -0.2) is 34.1 Å². The van der Waals surface area contributed by atoms with Gasteiger partial charge in [-0.1, -0.05) is 18.3 Å². The van der Waals surface area contributed by atoms with Crippen molar-refractivity contribution in [3.05, 3.63) is 5.69 Å². The Bertz CT molecular complexity index is 392. The SMILES string of the molecule is CCNc1snnc1CN(C)C1CCC(C)(C)CC1. The summed E-state index contributed by atoms with van der Waals surface area (Å²) in [6.45, 7) is 8.71. The predicted octanol–water partition coefficient (Wildman–Crippen LogP) is 3.37. The van der Waals surface area contributed by atoms with Gasteiger partial charge in [0.2, 0.25) is 0 Å². The lowest BCUT2D eigenvalue weighted by Crippen LogP contribution is -2.36. The highest BCUT2D eigenvalue weighted by molar-refractivity contribution is 7.10. The van der Waals surface area contributed by atoms with Gasteiger partial charge in [-0.2, -0.15) is 0 Å². The average Bonchev–Trinajstić information content (AvgIpc) is 2.77. The Kier molecular flexibility index (Phi) is 4.79. The molecule has 5 heteroatoms. The number of anilines is 1. The second-order valence-corrected chi connectivity index (χ2v) is 7.14. The van der Waals surface area contributed by atoms with Gasteiger partial charge in [-0.25, -0.2) is 0 Å². The van der Waals surface area contributed by atoms with Gasteiger partial charge in [0.15, 0.2) is 0 Å². The Morgan fingerprint density at radius 1 is 1.37 bits per heavy atom. The minimum atomic E-state index is 0.536. The van der Waals surface area contributed by atoms with Crippen molar-refractivity contribution in [2.75, 3.05) is 18.9 Å². The Balaban J connectivity index is 1.90. The van der Waals surface area contributed by atoms with Crippen LogP contribution < -0.4 is 5.32 Å². The fraction of sp³-hybridized carbons (Fsp3) is 0.857. The number of hydrogen-bond donors (Lipinski definition) is 1. The van der Waals surface area contributed by atoms with E-state index in [1.807, 2.05) is 0 Å². The largest absolute Gasteiger partial charge is 0.374 e. The first-order chi connectivity index (χ1) is 9.02. The monoisotopic (exact) mass is 282 g/mol. The topological polar surface area (TPSA) is 41.1 Å². The Labute approximate surface area is 120 Å². The van der Waals surface area contributed by atoms with E-state index in [4.69, 9.17) is 0 Å². The molecule has 0 unspecified atom stereocenters. The molecule has 0 atom stereocenters. The summed E-state index contributed by atoms with van der Waals surface area (Å²) < 4.78 is 4.06. The molecule has 4 nitrogen and oxygen atoms in total. The van der Waals surface area contributed by atoms with E-state index >= 15 is 0 Å². The van der Waals surface area contributed by atoms with Crippen LogP contribution in [0.1, 0.15) is 52.1 Å². The van der Waals surface area contributed by atoms with E-state index in [0.29, 0.717) is 11.5 Å². The zero-order chi connectivity index (χ0) is 13.9. The summed E-state index contributed by atoms with van der Waals surface area (Å²) in [4.78, 5) is 2.45. The quantitative estimate of drug-likeness (QED) is 0.899. The number of nitrogens with zero attached hydrogens (tertiary/aromatic N) is 3. The van der Waals surface area contributed by atoms with Crippen LogP contribution in [0.2, 0.25) is 0 Å². The molecule has 0 spiro atoms. The first-order valence-corrected chi connectivity index (χ1v) is 8.04. The van der Waals surface area contributed by atoms with Crippen molar-refractivity contribution in [1.29, 1.82) is 0 Å². The van der Waals surface area contributed by atoms with Crippen LogP contribution in [0, 0.1) is 5.41 Å². The van der Waals surface area contributed by atoms with E-state index in [9.17, 15) is 0 Å². The van der Waals surface area contributed by atoms with E-state index < -0.39 is 0 Å². The van der Waals surface area contributed by atoms with Crippen LogP contribution in [0.5, 0.6) is 0 Å². The van der Waals surface area contributed by atoms with E-state index in [2.05, 4.69) is 47.6 Å². The molecule has 1 aromatic heterocycles. The maximum atomic E-state index is 4.26. The number of nitrogens with one attached hydrogen (secondary N) is 1. The minimum absolute atomic E-state index is 0.536. The normalized spacial score (nSPS) is 19.8. The summed E-state index contributed by atoms with van der Waals surface area (Å²) >= 11 is 1.46. The lowest BCUT2D eigenvalue weighted by molar-refractivity contribution is 0.122. The molecule has 1 aliphatic rings. The summed E-state index contributed by atoms with van der Waals surface area (Å²) in [5.74, 6) is 0. The third-order valence-electron chi connectivity index (χ3n) is 4.22.